The van der Waals surface area contributed by atoms with Crippen LogP contribution in [0.15, 0.2) is 93.7 Å². The number of furan rings is 1. The van der Waals surface area contributed by atoms with Crippen molar-refractivity contribution >= 4 is 34.1 Å². The second kappa shape index (κ2) is 11.9. The molecule has 5 aromatic rings. The number of methoxy groups -OCH3 is 1. The number of aromatic nitrogens is 2. The third-order valence-corrected chi connectivity index (χ3v) is 6.16. The average molecular weight is 552 g/mol. The molecule has 0 atom stereocenters. The maximum atomic E-state index is 13.6. The highest BCUT2D eigenvalue weighted by atomic mass is 16.6. The van der Waals surface area contributed by atoms with Crippen LogP contribution in [0.4, 0.5) is 0 Å². The highest BCUT2D eigenvalue weighted by Gasteiger charge is 2.18. The number of esters is 1. The van der Waals surface area contributed by atoms with E-state index in [0.717, 1.165) is 10.9 Å². The van der Waals surface area contributed by atoms with Crippen molar-refractivity contribution in [2.75, 3.05) is 13.7 Å². The third-order valence-electron chi connectivity index (χ3n) is 6.16. The van der Waals surface area contributed by atoms with Gasteiger partial charge >= 0.3 is 5.97 Å². The molecule has 9 heteroatoms. The van der Waals surface area contributed by atoms with Crippen LogP contribution in [0.2, 0.25) is 0 Å². The first-order chi connectivity index (χ1) is 19.9. The number of benzene rings is 3. The Morgan fingerprint density at radius 1 is 1.12 bits per heavy atom. The van der Waals surface area contributed by atoms with E-state index in [1.54, 1.807) is 44.2 Å². The van der Waals surface area contributed by atoms with E-state index in [2.05, 4.69) is 11.7 Å². The van der Waals surface area contributed by atoms with Crippen LogP contribution in [-0.4, -0.2) is 41.7 Å². The van der Waals surface area contributed by atoms with Crippen LogP contribution in [0, 0.1) is 0 Å². The van der Waals surface area contributed by atoms with E-state index in [1.165, 1.54) is 18.0 Å². The summed E-state index contributed by atoms with van der Waals surface area (Å²) in [5.41, 5.74) is 2.22. The van der Waals surface area contributed by atoms with Gasteiger partial charge in [0.25, 0.3) is 5.56 Å². The molecular formula is C32H29N3O6. The van der Waals surface area contributed by atoms with Crippen molar-refractivity contribution in [1.29, 1.82) is 0 Å². The van der Waals surface area contributed by atoms with Crippen LogP contribution in [0.5, 0.6) is 11.5 Å². The highest BCUT2D eigenvalue weighted by Crippen LogP contribution is 2.33. The first-order valence-corrected chi connectivity index (χ1v) is 13.1. The van der Waals surface area contributed by atoms with Crippen molar-refractivity contribution in [3.05, 3.63) is 101 Å². The summed E-state index contributed by atoms with van der Waals surface area (Å²) in [5.74, 6) is 0.983. The monoisotopic (exact) mass is 551 g/mol. The molecule has 0 aliphatic rings. The molecule has 0 amide bonds. The quantitative estimate of drug-likeness (QED) is 0.123. The minimum atomic E-state index is -0.487. The standard InChI is InChI=1S/C32H29N3O6/c1-5-10-23-15-21(16-27(38-4)30(23)39-19-29(36)40-20(2)3)18-33-35-31(28-17-22-11-6-9-14-26(22)41-28)34-25-13-8-7-12-24(25)32(35)37/h5-9,11-18,20H,1,10,19H2,2-4H3. The summed E-state index contributed by atoms with van der Waals surface area (Å²) in [7, 11) is 1.50. The van der Waals surface area contributed by atoms with Crippen LogP contribution in [0.3, 0.4) is 0 Å². The maximum absolute atomic E-state index is 13.6. The molecule has 0 aliphatic carbocycles. The molecule has 2 aromatic heterocycles. The van der Waals surface area contributed by atoms with Crippen molar-refractivity contribution in [2.24, 2.45) is 5.10 Å². The number of para-hydroxylation sites is 2. The van der Waals surface area contributed by atoms with E-state index in [0.29, 0.717) is 45.7 Å². The maximum Gasteiger partial charge on any atom is 0.344 e. The summed E-state index contributed by atoms with van der Waals surface area (Å²) < 4.78 is 23.8. The van der Waals surface area contributed by atoms with Gasteiger partial charge in [0.1, 0.15) is 5.58 Å². The SMILES string of the molecule is C=CCc1cc(C=Nn2c(-c3cc4ccccc4o3)nc3ccccc3c2=O)cc(OC)c1OCC(=O)OC(C)C. The Kier molecular flexibility index (Phi) is 7.96. The lowest BCUT2D eigenvalue weighted by molar-refractivity contribution is -0.149. The lowest BCUT2D eigenvalue weighted by atomic mass is 10.1. The molecule has 0 saturated heterocycles. The average Bonchev–Trinajstić information content (AvgIpc) is 3.40. The number of carbonyl (C=O) groups is 1. The van der Waals surface area contributed by atoms with Gasteiger partial charge in [0.15, 0.2) is 23.9 Å². The van der Waals surface area contributed by atoms with Crippen LogP contribution in [0.25, 0.3) is 33.5 Å². The van der Waals surface area contributed by atoms with Gasteiger partial charge < -0.3 is 18.6 Å². The Morgan fingerprint density at radius 3 is 2.66 bits per heavy atom. The zero-order chi connectivity index (χ0) is 28.9. The summed E-state index contributed by atoms with van der Waals surface area (Å²) in [6.45, 7) is 7.09. The molecule has 0 spiro atoms. The first kappa shape index (κ1) is 27.4. The predicted molar refractivity (Wildman–Crippen MR) is 158 cm³/mol. The number of ether oxygens (including phenoxy) is 3. The molecule has 0 saturated carbocycles. The number of nitrogens with zero attached hydrogens (tertiary/aromatic N) is 3. The number of rotatable bonds is 10. The number of hydrogen-bond acceptors (Lipinski definition) is 8. The molecule has 5 rings (SSSR count). The number of carbonyl (C=O) groups excluding carboxylic acids is 1. The fourth-order valence-corrected chi connectivity index (χ4v) is 4.42. The highest BCUT2D eigenvalue weighted by molar-refractivity contribution is 5.85. The van der Waals surface area contributed by atoms with Crippen molar-refractivity contribution < 1.29 is 23.4 Å². The van der Waals surface area contributed by atoms with Crippen LogP contribution >= 0.6 is 0 Å². The molecule has 0 fully saturated rings. The van der Waals surface area contributed by atoms with Crippen LogP contribution in [0.1, 0.15) is 25.0 Å². The van der Waals surface area contributed by atoms with Gasteiger partial charge in [-0.2, -0.15) is 9.78 Å². The molecule has 0 unspecified atom stereocenters. The zero-order valence-electron chi connectivity index (χ0n) is 23.0. The van der Waals surface area contributed by atoms with E-state index in [9.17, 15) is 9.59 Å². The Hall–Kier alpha value is -5.18. The molecule has 41 heavy (non-hydrogen) atoms. The number of allylic oxidation sites excluding steroid dienone is 1. The molecule has 0 bridgehead atoms. The minimum Gasteiger partial charge on any atom is -0.493 e. The van der Waals surface area contributed by atoms with Crippen molar-refractivity contribution in [3.63, 3.8) is 0 Å². The molecule has 0 radical (unpaired) electrons. The summed E-state index contributed by atoms with van der Waals surface area (Å²) in [6.07, 6.45) is 3.44. The van der Waals surface area contributed by atoms with E-state index < -0.39 is 5.97 Å². The van der Waals surface area contributed by atoms with E-state index in [-0.39, 0.29) is 24.1 Å². The van der Waals surface area contributed by atoms with Gasteiger partial charge in [0.2, 0.25) is 5.82 Å². The number of hydrogen-bond donors (Lipinski definition) is 0. The Morgan fingerprint density at radius 2 is 1.90 bits per heavy atom. The minimum absolute atomic E-state index is 0.253. The number of fused-ring (bicyclic) bond motifs is 2. The topological polar surface area (TPSA) is 105 Å². The van der Waals surface area contributed by atoms with E-state index in [1.807, 2.05) is 42.5 Å². The van der Waals surface area contributed by atoms with Crippen LogP contribution < -0.4 is 15.0 Å². The Bertz CT molecular complexity index is 1800. The lowest BCUT2D eigenvalue weighted by Crippen LogP contribution is -2.20. The van der Waals surface area contributed by atoms with Crippen LogP contribution in [-0.2, 0) is 16.0 Å². The van der Waals surface area contributed by atoms with Gasteiger partial charge in [0, 0.05) is 10.9 Å². The smallest absolute Gasteiger partial charge is 0.344 e. The van der Waals surface area contributed by atoms with E-state index >= 15 is 0 Å². The molecule has 9 nitrogen and oxygen atoms in total. The Balaban J connectivity index is 1.58. The summed E-state index contributed by atoms with van der Waals surface area (Å²) >= 11 is 0. The Labute approximate surface area is 236 Å². The fourth-order valence-electron chi connectivity index (χ4n) is 4.42. The molecule has 0 N–H and O–H groups in total. The second-order valence-corrected chi connectivity index (χ2v) is 9.49. The summed E-state index contributed by atoms with van der Waals surface area (Å²) in [5, 5.41) is 5.85. The molecule has 208 valence electrons. The second-order valence-electron chi connectivity index (χ2n) is 9.49. The lowest BCUT2D eigenvalue weighted by Gasteiger charge is -2.16. The van der Waals surface area contributed by atoms with Gasteiger partial charge in [-0.3, -0.25) is 4.79 Å². The molecule has 0 aliphatic heterocycles. The summed E-state index contributed by atoms with van der Waals surface area (Å²) in [4.78, 5) is 30.4. The van der Waals surface area contributed by atoms with Gasteiger partial charge in [-0.1, -0.05) is 36.4 Å². The first-order valence-electron chi connectivity index (χ1n) is 13.1. The molecular weight excluding hydrogens is 522 g/mol. The predicted octanol–water partition coefficient (Wildman–Crippen LogP) is 5.76. The van der Waals surface area contributed by atoms with Crippen molar-refractivity contribution in [3.8, 4) is 23.1 Å². The van der Waals surface area contributed by atoms with Gasteiger partial charge in [-0.25, -0.2) is 9.78 Å². The molecule has 3 aromatic carbocycles. The van der Waals surface area contributed by atoms with E-state index in [4.69, 9.17) is 23.6 Å². The fraction of sp³-hybridized carbons (Fsp3) is 0.188. The zero-order valence-corrected chi connectivity index (χ0v) is 23.0. The van der Waals surface area contributed by atoms with Gasteiger partial charge in [0.05, 0.1) is 30.3 Å². The molecule has 2 heterocycles. The largest absolute Gasteiger partial charge is 0.493 e. The van der Waals surface area contributed by atoms with Gasteiger partial charge in [-0.15, -0.1) is 6.58 Å². The van der Waals surface area contributed by atoms with Gasteiger partial charge in [-0.05, 0) is 62.2 Å². The van der Waals surface area contributed by atoms with Crippen molar-refractivity contribution in [2.45, 2.75) is 26.4 Å². The third kappa shape index (κ3) is 5.89. The summed E-state index contributed by atoms with van der Waals surface area (Å²) in [6, 6.07) is 20.0. The van der Waals surface area contributed by atoms with Crippen molar-refractivity contribution in [1.82, 2.24) is 9.66 Å². The normalized spacial score (nSPS) is 11.4.